The Labute approximate surface area is 106 Å². The highest BCUT2D eigenvalue weighted by Gasteiger charge is 2.12. The molecule has 0 saturated heterocycles. The fourth-order valence-corrected chi connectivity index (χ4v) is 2.03. The molecule has 0 saturated carbocycles. The summed E-state index contributed by atoms with van der Waals surface area (Å²) in [5, 5.41) is 14.2. The van der Waals surface area contributed by atoms with Gasteiger partial charge in [-0.05, 0) is 48.6 Å². The van der Waals surface area contributed by atoms with Gasteiger partial charge in [-0.15, -0.1) is 0 Å². The van der Waals surface area contributed by atoms with Crippen molar-refractivity contribution in [3.05, 3.63) is 53.1 Å². The highest BCUT2D eigenvalue weighted by molar-refractivity contribution is 5.28. The summed E-state index contributed by atoms with van der Waals surface area (Å²) < 4.78 is 14.9. The smallest absolute Gasteiger partial charge is 0.123 e. The molecule has 0 radical (unpaired) electrons. The maximum atomic E-state index is 13.1. The molecule has 18 heavy (non-hydrogen) atoms. The summed E-state index contributed by atoms with van der Waals surface area (Å²) in [6, 6.07) is 4.51. The van der Waals surface area contributed by atoms with Crippen molar-refractivity contribution in [1.29, 1.82) is 0 Å². The Morgan fingerprint density at radius 1 is 1.44 bits per heavy atom. The van der Waals surface area contributed by atoms with Crippen molar-refractivity contribution in [2.75, 3.05) is 0 Å². The minimum atomic E-state index is -0.638. The summed E-state index contributed by atoms with van der Waals surface area (Å²) in [6.45, 7) is 1.88. The van der Waals surface area contributed by atoms with Gasteiger partial charge in [0.15, 0.2) is 0 Å². The van der Waals surface area contributed by atoms with E-state index in [0.29, 0.717) is 12.0 Å². The third-order valence-corrected chi connectivity index (χ3v) is 3.07. The lowest BCUT2D eigenvalue weighted by atomic mass is 9.98. The number of hydrogen-bond donors (Lipinski definition) is 1. The summed E-state index contributed by atoms with van der Waals surface area (Å²) in [5.41, 5.74) is 2.65. The zero-order valence-corrected chi connectivity index (χ0v) is 10.6. The van der Waals surface area contributed by atoms with Gasteiger partial charge in [-0.25, -0.2) is 4.39 Å². The van der Waals surface area contributed by atoms with E-state index in [0.717, 1.165) is 17.5 Å². The first kappa shape index (κ1) is 12.8. The number of aliphatic hydroxyl groups excluding tert-OH is 1. The SMILES string of the molecule is Cc1ccc(F)cc1C(O)CCc1cnn(C)c1. The van der Waals surface area contributed by atoms with Crippen molar-refractivity contribution in [2.45, 2.75) is 25.9 Å². The van der Waals surface area contributed by atoms with Gasteiger partial charge in [0, 0.05) is 13.2 Å². The largest absolute Gasteiger partial charge is 0.388 e. The highest BCUT2D eigenvalue weighted by Crippen LogP contribution is 2.23. The van der Waals surface area contributed by atoms with Crippen LogP contribution in [0.3, 0.4) is 0 Å². The van der Waals surface area contributed by atoms with Crippen LogP contribution in [0.25, 0.3) is 0 Å². The number of aliphatic hydroxyl groups is 1. The van der Waals surface area contributed by atoms with Crippen molar-refractivity contribution < 1.29 is 9.50 Å². The average molecular weight is 248 g/mol. The van der Waals surface area contributed by atoms with Crippen LogP contribution in [0.2, 0.25) is 0 Å². The summed E-state index contributed by atoms with van der Waals surface area (Å²) in [4.78, 5) is 0. The van der Waals surface area contributed by atoms with E-state index in [4.69, 9.17) is 0 Å². The maximum Gasteiger partial charge on any atom is 0.123 e. The summed E-state index contributed by atoms with van der Waals surface area (Å²) >= 11 is 0. The summed E-state index contributed by atoms with van der Waals surface area (Å²) in [7, 11) is 1.86. The zero-order valence-electron chi connectivity index (χ0n) is 10.6. The van der Waals surface area contributed by atoms with E-state index in [2.05, 4.69) is 5.10 Å². The second-order valence-electron chi connectivity index (χ2n) is 4.58. The van der Waals surface area contributed by atoms with Crippen molar-refractivity contribution in [1.82, 2.24) is 9.78 Å². The first-order chi connectivity index (χ1) is 8.56. The number of rotatable bonds is 4. The molecule has 3 nitrogen and oxygen atoms in total. The van der Waals surface area contributed by atoms with Crippen LogP contribution in [0.4, 0.5) is 4.39 Å². The topological polar surface area (TPSA) is 38.1 Å². The Morgan fingerprint density at radius 3 is 2.89 bits per heavy atom. The number of aromatic nitrogens is 2. The van der Waals surface area contributed by atoms with Crippen LogP contribution in [0, 0.1) is 12.7 Å². The van der Waals surface area contributed by atoms with Gasteiger partial charge >= 0.3 is 0 Å². The van der Waals surface area contributed by atoms with Crippen molar-refractivity contribution in [3.63, 3.8) is 0 Å². The fraction of sp³-hybridized carbons (Fsp3) is 0.357. The predicted molar refractivity (Wildman–Crippen MR) is 67.6 cm³/mol. The van der Waals surface area contributed by atoms with E-state index in [1.54, 1.807) is 16.9 Å². The van der Waals surface area contributed by atoms with Gasteiger partial charge in [-0.1, -0.05) is 6.07 Å². The van der Waals surface area contributed by atoms with Crippen LogP contribution in [-0.2, 0) is 13.5 Å². The van der Waals surface area contributed by atoms with Crippen LogP contribution in [0.5, 0.6) is 0 Å². The summed E-state index contributed by atoms with van der Waals surface area (Å²) in [5.74, 6) is -0.309. The van der Waals surface area contributed by atoms with Crippen molar-refractivity contribution >= 4 is 0 Å². The lowest BCUT2D eigenvalue weighted by molar-refractivity contribution is 0.166. The van der Waals surface area contributed by atoms with Gasteiger partial charge in [0.1, 0.15) is 5.82 Å². The van der Waals surface area contributed by atoms with Crippen LogP contribution >= 0.6 is 0 Å². The molecule has 2 aromatic rings. The molecule has 0 spiro atoms. The lowest BCUT2D eigenvalue weighted by Crippen LogP contribution is -2.02. The van der Waals surface area contributed by atoms with Crippen LogP contribution < -0.4 is 0 Å². The molecule has 0 aliphatic rings. The number of aryl methyl sites for hydroxylation is 3. The van der Waals surface area contributed by atoms with E-state index < -0.39 is 6.10 Å². The molecule has 0 fully saturated rings. The molecule has 1 N–H and O–H groups in total. The van der Waals surface area contributed by atoms with Gasteiger partial charge in [0.2, 0.25) is 0 Å². The van der Waals surface area contributed by atoms with E-state index >= 15 is 0 Å². The highest BCUT2D eigenvalue weighted by atomic mass is 19.1. The van der Waals surface area contributed by atoms with Gasteiger partial charge in [-0.2, -0.15) is 5.10 Å². The number of hydrogen-bond acceptors (Lipinski definition) is 2. The van der Waals surface area contributed by atoms with Crippen LogP contribution in [0.15, 0.2) is 30.6 Å². The number of halogens is 1. The average Bonchev–Trinajstić information content (AvgIpc) is 2.75. The standard InChI is InChI=1S/C14H17FN2O/c1-10-3-5-12(15)7-13(10)14(18)6-4-11-8-16-17(2)9-11/h3,5,7-9,14,18H,4,6H2,1-2H3. The Morgan fingerprint density at radius 2 is 2.22 bits per heavy atom. The Hall–Kier alpha value is -1.68. The second kappa shape index (κ2) is 5.31. The summed E-state index contributed by atoms with van der Waals surface area (Å²) in [6.07, 6.45) is 4.36. The molecule has 1 unspecified atom stereocenters. The van der Waals surface area contributed by atoms with Crippen molar-refractivity contribution in [2.24, 2.45) is 7.05 Å². The van der Waals surface area contributed by atoms with Crippen LogP contribution in [0.1, 0.15) is 29.2 Å². The second-order valence-corrected chi connectivity index (χ2v) is 4.58. The Bertz CT molecular complexity index is 536. The molecule has 1 atom stereocenters. The molecular formula is C14H17FN2O. The third-order valence-electron chi connectivity index (χ3n) is 3.07. The molecule has 0 aliphatic heterocycles. The van der Waals surface area contributed by atoms with Crippen molar-refractivity contribution in [3.8, 4) is 0 Å². The molecule has 1 heterocycles. The zero-order chi connectivity index (χ0) is 13.1. The molecule has 1 aromatic carbocycles. The molecule has 1 aromatic heterocycles. The minimum absolute atomic E-state index is 0.309. The number of benzene rings is 1. The molecule has 0 bridgehead atoms. The minimum Gasteiger partial charge on any atom is -0.388 e. The van der Waals surface area contributed by atoms with Crippen LogP contribution in [-0.4, -0.2) is 14.9 Å². The normalized spacial score (nSPS) is 12.7. The number of nitrogens with zero attached hydrogens (tertiary/aromatic N) is 2. The van der Waals surface area contributed by atoms with Gasteiger partial charge in [-0.3, -0.25) is 4.68 Å². The molecule has 2 rings (SSSR count). The van der Waals surface area contributed by atoms with Gasteiger partial charge in [0.05, 0.1) is 12.3 Å². The first-order valence-electron chi connectivity index (χ1n) is 5.98. The fourth-order valence-electron chi connectivity index (χ4n) is 2.03. The predicted octanol–water partition coefficient (Wildman–Crippen LogP) is 2.53. The Kier molecular flexibility index (Phi) is 3.77. The lowest BCUT2D eigenvalue weighted by Gasteiger charge is -2.13. The quantitative estimate of drug-likeness (QED) is 0.903. The molecular weight excluding hydrogens is 231 g/mol. The van der Waals surface area contributed by atoms with E-state index in [-0.39, 0.29) is 5.82 Å². The first-order valence-corrected chi connectivity index (χ1v) is 5.98. The van der Waals surface area contributed by atoms with E-state index in [1.165, 1.54) is 12.1 Å². The molecule has 96 valence electrons. The maximum absolute atomic E-state index is 13.1. The molecule has 0 aliphatic carbocycles. The molecule has 0 amide bonds. The van der Waals surface area contributed by atoms with E-state index in [9.17, 15) is 9.50 Å². The van der Waals surface area contributed by atoms with Gasteiger partial charge < -0.3 is 5.11 Å². The van der Waals surface area contributed by atoms with Gasteiger partial charge in [0.25, 0.3) is 0 Å². The third kappa shape index (κ3) is 2.96. The monoisotopic (exact) mass is 248 g/mol. The Balaban J connectivity index is 2.03. The molecule has 4 heteroatoms. The van der Waals surface area contributed by atoms with E-state index in [1.807, 2.05) is 20.2 Å².